The first-order valence-corrected chi connectivity index (χ1v) is 9.33. The molecule has 0 aliphatic rings. The highest BCUT2D eigenvalue weighted by molar-refractivity contribution is 7.88. The molecule has 0 spiro atoms. The van der Waals surface area contributed by atoms with E-state index in [0.29, 0.717) is 24.4 Å². The Morgan fingerprint density at radius 1 is 1.21 bits per heavy atom. The van der Waals surface area contributed by atoms with Crippen molar-refractivity contribution in [3.05, 3.63) is 59.2 Å². The maximum Gasteiger partial charge on any atom is 0.210 e. The number of aromatic nitrogens is 2. The highest BCUT2D eigenvalue weighted by Gasteiger charge is 2.20. The number of benzene rings is 1. The molecule has 1 aromatic carbocycles. The zero-order valence-corrected chi connectivity index (χ0v) is 14.8. The minimum absolute atomic E-state index is 0.0711. The summed E-state index contributed by atoms with van der Waals surface area (Å²) in [4.78, 5) is 8.40. The number of nitriles is 1. The van der Waals surface area contributed by atoms with Crippen LogP contribution in [0.15, 0.2) is 36.7 Å². The van der Waals surface area contributed by atoms with Gasteiger partial charge in [0, 0.05) is 38.3 Å². The monoisotopic (exact) mass is 344 g/mol. The Kier molecular flexibility index (Phi) is 5.65. The number of hydrogen-bond donors (Lipinski definition) is 0. The van der Waals surface area contributed by atoms with E-state index in [0.717, 1.165) is 11.1 Å². The minimum Gasteiger partial charge on any atom is -0.240 e. The largest absolute Gasteiger partial charge is 0.240 e. The molecule has 1 atom stereocenters. The lowest BCUT2D eigenvalue weighted by Gasteiger charge is -2.22. The molecule has 0 amide bonds. The maximum absolute atomic E-state index is 11.7. The van der Waals surface area contributed by atoms with Crippen molar-refractivity contribution in [3.63, 3.8) is 0 Å². The van der Waals surface area contributed by atoms with Crippen LogP contribution in [0.5, 0.6) is 0 Å². The number of likely N-dealkylation sites (N-methyl/N-ethyl adjacent to an activating group) is 1. The molecule has 126 valence electrons. The molecule has 0 bridgehead atoms. The van der Waals surface area contributed by atoms with Gasteiger partial charge in [0.2, 0.25) is 10.0 Å². The summed E-state index contributed by atoms with van der Waals surface area (Å²) in [6, 6.07) is 9.99. The van der Waals surface area contributed by atoms with Gasteiger partial charge in [-0.3, -0.25) is 0 Å². The second kappa shape index (κ2) is 7.51. The smallest absolute Gasteiger partial charge is 0.210 e. The third-order valence-electron chi connectivity index (χ3n) is 3.86. The van der Waals surface area contributed by atoms with Crippen molar-refractivity contribution in [2.75, 3.05) is 19.8 Å². The van der Waals surface area contributed by atoms with Gasteiger partial charge in [0.05, 0.1) is 11.8 Å². The Balaban J connectivity index is 2.27. The zero-order chi connectivity index (χ0) is 17.7. The van der Waals surface area contributed by atoms with Gasteiger partial charge in [0.25, 0.3) is 0 Å². The van der Waals surface area contributed by atoms with Crippen LogP contribution in [-0.4, -0.2) is 42.5 Å². The molecule has 2 aromatic rings. The van der Waals surface area contributed by atoms with E-state index in [1.54, 1.807) is 7.05 Å². The molecule has 0 aliphatic carbocycles. The first-order chi connectivity index (χ1) is 11.3. The highest BCUT2D eigenvalue weighted by atomic mass is 32.2. The fourth-order valence-electron chi connectivity index (χ4n) is 2.31. The standard InChI is InChI=1S/C17H20N4O2S/c1-13-4-6-15(7-5-13)16(12-21(2)24(3,22)23)8-17-19-10-14(9-18)11-20-17/h4-7,10-11,16H,8,12H2,1-3H3. The summed E-state index contributed by atoms with van der Waals surface area (Å²) in [6.07, 6.45) is 4.65. The Morgan fingerprint density at radius 2 is 1.79 bits per heavy atom. The third-order valence-corrected chi connectivity index (χ3v) is 5.14. The quantitative estimate of drug-likeness (QED) is 0.798. The summed E-state index contributed by atoms with van der Waals surface area (Å²) in [7, 11) is -1.70. The van der Waals surface area contributed by atoms with E-state index in [-0.39, 0.29) is 5.92 Å². The summed E-state index contributed by atoms with van der Waals surface area (Å²) in [5.41, 5.74) is 2.58. The molecule has 6 nitrogen and oxygen atoms in total. The minimum atomic E-state index is -3.27. The molecule has 24 heavy (non-hydrogen) atoms. The van der Waals surface area contributed by atoms with Crippen molar-refractivity contribution in [2.45, 2.75) is 19.3 Å². The molecule has 1 heterocycles. The maximum atomic E-state index is 11.7. The van der Waals surface area contributed by atoms with Crippen LogP contribution in [-0.2, 0) is 16.4 Å². The number of aryl methyl sites for hydroxylation is 1. The molecular formula is C17H20N4O2S. The topological polar surface area (TPSA) is 86.9 Å². The average molecular weight is 344 g/mol. The van der Waals surface area contributed by atoms with Gasteiger partial charge in [-0.15, -0.1) is 0 Å². The lowest BCUT2D eigenvalue weighted by atomic mass is 9.94. The average Bonchev–Trinajstić information content (AvgIpc) is 2.54. The molecule has 7 heteroatoms. The van der Waals surface area contributed by atoms with Gasteiger partial charge in [0.15, 0.2) is 0 Å². The molecule has 0 N–H and O–H groups in total. The van der Waals surface area contributed by atoms with Gasteiger partial charge in [-0.2, -0.15) is 5.26 Å². The van der Waals surface area contributed by atoms with Crippen molar-refractivity contribution >= 4 is 10.0 Å². The molecule has 0 radical (unpaired) electrons. The van der Waals surface area contributed by atoms with Crippen molar-refractivity contribution in [1.82, 2.24) is 14.3 Å². The molecular weight excluding hydrogens is 324 g/mol. The normalized spacial score (nSPS) is 12.8. The molecule has 2 rings (SSSR count). The van der Waals surface area contributed by atoms with Crippen molar-refractivity contribution in [1.29, 1.82) is 5.26 Å². The van der Waals surface area contributed by atoms with Crippen LogP contribution in [0.3, 0.4) is 0 Å². The van der Waals surface area contributed by atoms with E-state index in [9.17, 15) is 8.42 Å². The van der Waals surface area contributed by atoms with Crippen LogP contribution in [0.4, 0.5) is 0 Å². The molecule has 0 fully saturated rings. The Bertz CT molecular complexity index is 824. The fourth-order valence-corrected chi connectivity index (χ4v) is 2.76. The van der Waals surface area contributed by atoms with E-state index in [2.05, 4.69) is 9.97 Å². The van der Waals surface area contributed by atoms with Gasteiger partial charge < -0.3 is 0 Å². The van der Waals surface area contributed by atoms with Crippen molar-refractivity contribution < 1.29 is 8.42 Å². The highest BCUT2D eigenvalue weighted by Crippen LogP contribution is 2.22. The predicted octanol–water partition coefficient (Wildman–Crippen LogP) is 1.87. The van der Waals surface area contributed by atoms with Crippen LogP contribution in [0.2, 0.25) is 0 Å². The summed E-state index contributed by atoms with van der Waals surface area (Å²) in [5.74, 6) is 0.514. The summed E-state index contributed by atoms with van der Waals surface area (Å²) >= 11 is 0. The van der Waals surface area contributed by atoms with Crippen LogP contribution >= 0.6 is 0 Å². The predicted molar refractivity (Wildman–Crippen MR) is 91.8 cm³/mol. The van der Waals surface area contributed by atoms with Gasteiger partial charge >= 0.3 is 0 Å². The first kappa shape index (κ1) is 18.0. The Labute approximate surface area is 142 Å². The van der Waals surface area contributed by atoms with Crippen LogP contribution in [0.25, 0.3) is 0 Å². The Hall–Kier alpha value is -2.30. The second-order valence-corrected chi connectivity index (χ2v) is 7.94. The van der Waals surface area contributed by atoms with Crippen LogP contribution < -0.4 is 0 Å². The summed E-state index contributed by atoms with van der Waals surface area (Å²) < 4.78 is 24.8. The molecule has 0 aliphatic heterocycles. The van der Waals surface area contributed by atoms with Crippen molar-refractivity contribution in [2.24, 2.45) is 0 Å². The lowest BCUT2D eigenvalue weighted by Crippen LogP contribution is -2.31. The van der Waals surface area contributed by atoms with Crippen molar-refractivity contribution in [3.8, 4) is 6.07 Å². The number of rotatable bonds is 6. The number of sulfonamides is 1. The van der Waals surface area contributed by atoms with Gasteiger partial charge in [-0.1, -0.05) is 29.8 Å². The number of hydrogen-bond acceptors (Lipinski definition) is 5. The molecule has 1 aromatic heterocycles. The molecule has 0 saturated heterocycles. The first-order valence-electron chi connectivity index (χ1n) is 7.48. The molecule has 0 saturated carbocycles. The van der Waals surface area contributed by atoms with E-state index in [1.165, 1.54) is 23.0 Å². The van der Waals surface area contributed by atoms with Gasteiger partial charge in [-0.05, 0) is 12.5 Å². The molecule has 1 unspecified atom stereocenters. The third kappa shape index (κ3) is 4.85. The van der Waals surface area contributed by atoms with E-state index < -0.39 is 10.0 Å². The second-order valence-electron chi connectivity index (χ2n) is 5.85. The Morgan fingerprint density at radius 3 is 2.29 bits per heavy atom. The summed E-state index contributed by atoms with van der Waals surface area (Å²) in [6.45, 7) is 2.34. The van der Waals surface area contributed by atoms with Gasteiger partial charge in [-0.25, -0.2) is 22.7 Å². The zero-order valence-electron chi connectivity index (χ0n) is 14.0. The summed E-state index contributed by atoms with van der Waals surface area (Å²) in [5, 5.41) is 8.82. The lowest BCUT2D eigenvalue weighted by molar-refractivity contribution is 0.435. The van der Waals surface area contributed by atoms with E-state index >= 15 is 0 Å². The van der Waals surface area contributed by atoms with Gasteiger partial charge in [0.1, 0.15) is 11.9 Å². The SMILES string of the molecule is Cc1ccc(C(Cc2ncc(C#N)cn2)CN(C)S(C)(=O)=O)cc1. The van der Waals surface area contributed by atoms with E-state index in [1.807, 2.05) is 37.3 Å². The van der Waals surface area contributed by atoms with E-state index in [4.69, 9.17) is 5.26 Å². The fraction of sp³-hybridized carbons (Fsp3) is 0.353. The van der Waals surface area contributed by atoms with Crippen LogP contribution in [0, 0.1) is 18.3 Å². The number of nitrogens with zero attached hydrogens (tertiary/aromatic N) is 4. The van der Waals surface area contributed by atoms with Crippen LogP contribution in [0.1, 0.15) is 28.4 Å².